The molecule has 2 unspecified atom stereocenters. The Hall–Kier alpha value is -2.33. The van der Waals surface area contributed by atoms with Crippen molar-refractivity contribution in [2.24, 2.45) is 0 Å². The molecule has 3 aliphatic rings. The van der Waals surface area contributed by atoms with Crippen molar-refractivity contribution in [3.05, 3.63) is 23.8 Å². The van der Waals surface area contributed by atoms with Crippen LogP contribution >= 0.6 is 0 Å². The van der Waals surface area contributed by atoms with Crippen molar-refractivity contribution in [2.75, 3.05) is 50.9 Å². The van der Waals surface area contributed by atoms with Crippen LogP contribution in [-0.4, -0.2) is 93.0 Å². The predicted octanol–water partition coefficient (Wildman–Crippen LogP) is 1.47. The zero-order valence-corrected chi connectivity index (χ0v) is 20.6. The summed E-state index contributed by atoms with van der Waals surface area (Å²) in [5.74, 6) is 0.430. The number of carbonyl (C=O) groups excluding carboxylic acids is 2. The molecule has 1 aromatic carbocycles. The summed E-state index contributed by atoms with van der Waals surface area (Å²) in [6, 6.07) is 4.21. The fourth-order valence-corrected chi connectivity index (χ4v) is 7.01. The summed E-state index contributed by atoms with van der Waals surface area (Å²) in [5.41, 5.74) is 0.364. The molecule has 3 saturated heterocycles. The molecule has 10 heteroatoms. The van der Waals surface area contributed by atoms with Gasteiger partial charge in [0.2, 0.25) is 0 Å². The molecule has 0 aliphatic carbocycles. The molecule has 0 spiro atoms. The third-order valence-corrected chi connectivity index (χ3v) is 8.53. The van der Waals surface area contributed by atoms with Crippen LogP contribution in [0.5, 0.6) is 11.5 Å². The van der Waals surface area contributed by atoms with E-state index in [1.807, 2.05) is 11.8 Å². The Labute approximate surface area is 201 Å². The number of amides is 2. The number of ether oxygens (including phenoxy) is 2. The van der Waals surface area contributed by atoms with E-state index in [1.165, 1.54) is 0 Å². The van der Waals surface area contributed by atoms with Crippen molar-refractivity contribution in [3.8, 4) is 11.5 Å². The topological polar surface area (TPSA) is 105 Å². The number of benzene rings is 1. The van der Waals surface area contributed by atoms with Gasteiger partial charge in [0, 0.05) is 24.7 Å². The number of piperidine rings is 1. The quantitative estimate of drug-likeness (QED) is 0.585. The number of hydrogen-bond donors (Lipinski definition) is 1. The summed E-state index contributed by atoms with van der Waals surface area (Å²) >= 11 is 0. The van der Waals surface area contributed by atoms with Crippen molar-refractivity contribution in [3.63, 3.8) is 0 Å². The number of hydrogen-bond acceptors (Lipinski definition) is 7. The highest BCUT2D eigenvalue weighted by Crippen LogP contribution is 2.29. The summed E-state index contributed by atoms with van der Waals surface area (Å²) in [6.07, 6.45) is 5.28. The maximum atomic E-state index is 13.0. The Morgan fingerprint density at radius 2 is 1.68 bits per heavy atom. The van der Waals surface area contributed by atoms with E-state index < -0.39 is 15.9 Å². The molecule has 2 atom stereocenters. The molecule has 0 aromatic heterocycles. The van der Waals surface area contributed by atoms with E-state index in [1.54, 1.807) is 18.2 Å². The van der Waals surface area contributed by atoms with Crippen LogP contribution in [0.25, 0.3) is 0 Å². The van der Waals surface area contributed by atoms with E-state index >= 15 is 0 Å². The van der Waals surface area contributed by atoms with Crippen LogP contribution in [0.15, 0.2) is 18.2 Å². The van der Waals surface area contributed by atoms with E-state index in [0.717, 1.165) is 58.3 Å². The van der Waals surface area contributed by atoms with Crippen LogP contribution < -0.4 is 14.8 Å². The second kappa shape index (κ2) is 10.9. The summed E-state index contributed by atoms with van der Waals surface area (Å²) in [7, 11) is -3.20. The lowest BCUT2D eigenvalue weighted by Gasteiger charge is -2.28. The van der Waals surface area contributed by atoms with E-state index in [0.29, 0.717) is 23.7 Å². The number of likely N-dealkylation sites (tertiary alicyclic amines) is 2. The molecular weight excluding hydrogens is 458 g/mol. The van der Waals surface area contributed by atoms with Gasteiger partial charge >= 0.3 is 0 Å². The molecule has 188 valence electrons. The van der Waals surface area contributed by atoms with Gasteiger partial charge in [-0.25, -0.2) is 8.42 Å². The Morgan fingerprint density at radius 3 is 2.38 bits per heavy atom. The first kappa shape index (κ1) is 24.8. The second-order valence-corrected chi connectivity index (χ2v) is 11.4. The predicted molar refractivity (Wildman–Crippen MR) is 128 cm³/mol. The van der Waals surface area contributed by atoms with Crippen molar-refractivity contribution in [2.45, 2.75) is 51.1 Å². The van der Waals surface area contributed by atoms with Gasteiger partial charge in [-0.3, -0.25) is 14.5 Å². The molecule has 2 amide bonds. The van der Waals surface area contributed by atoms with Crippen LogP contribution in [0, 0.1) is 0 Å². The maximum absolute atomic E-state index is 13.0. The Bertz CT molecular complexity index is 986. The monoisotopic (exact) mass is 493 g/mol. The van der Waals surface area contributed by atoms with Crippen LogP contribution in [0.3, 0.4) is 0 Å². The smallest absolute Gasteiger partial charge is 0.260 e. The fourth-order valence-electron chi connectivity index (χ4n) is 5.06. The van der Waals surface area contributed by atoms with Crippen molar-refractivity contribution in [1.29, 1.82) is 0 Å². The Balaban J connectivity index is 1.42. The summed E-state index contributed by atoms with van der Waals surface area (Å²) in [4.78, 5) is 29.5. The molecule has 3 fully saturated rings. The Kier molecular flexibility index (Phi) is 7.98. The van der Waals surface area contributed by atoms with Crippen LogP contribution in [0.4, 0.5) is 0 Å². The van der Waals surface area contributed by atoms with Gasteiger partial charge in [0.15, 0.2) is 27.9 Å². The fraction of sp³-hybridized carbons (Fsp3) is 0.667. The molecular formula is C24H35N3O6S. The van der Waals surface area contributed by atoms with E-state index in [9.17, 15) is 18.0 Å². The van der Waals surface area contributed by atoms with Crippen LogP contribution in [-0.2, 0) is 14.6 Å². The molecule has 0 radical (unpaired) electrons. The van der Waals surface area contributed by atoms with E-state index in [-0.39, 0.29) is 36.0 Å². The number of carbonyl (C=O) groups is 2. The van der Waals surface area contributed by atoms with Gasteiger partial charge in [0.25, 0.3) is 11.8 Å². The molecule has 3 aliphatic heterocycles. The average Bonchev–Trinajstić information content (AvgIpc) is 3.46. The minimum Gasteiger partial charge on any atom is -0.490 e. The van der Waals surface area contributed by atoms with Crippen LogP contribution in [0.1, 0.15) is 49.4 Å². The first-order valence-corrected chi connectivity index (χ1v) is 14.1. The molecule has 9 nitrogen and oxygen atoms in total. The number of rotatable bonds is 8. The van der Waals surface area contributed by atoms with Crippen molar-refractivity contribution in [1.82, 2.24) is 15.1 Å². The standard InChI is InChI=1S/C24H35N3O6S/c1-2-32-22-14-18(8-9-21(22)33-15-23(28)27-12-4-3-5-13-27)24(29)25-19-16-34(30,31)17-20(19)26-10-6-7-11-26/h8-9,14,19-20H,2-7,10-13,15-17H2,1H3,(H,25,29). The molecule has 0 bridgehead atoms. The highest BCUT2D eigenvalue weighted by Gasteiger charge is 2.42. The largest absolute Gasteiger partial charge is 0.490 e. The maximum Gasteiger partial charge on any atom is 0.260 e. The summed E-state index contributed by atoms with van der Waals surface area (Å²) in [6.45, 7) is 5.37. The summed E-state index contributed by atoms with van der Waals surface area (Å²) < 4.78 is 36.0. The van der Waals surface area contributed by atoms with Crippen LogP contribution in [0.2, 0.25) is 0 Å². The lowest BCUT2D eigenvalue weighted by atomic mass is 10.1. The second-order valence-electron chi connectivity index (χ2n) is 9.29. The average molecular weight is 494 g/mol. The molecule has 0 saturated carbocycles. The molecule has 1 N–H and O–H groups in total. The lowest BCUT2D eigenvalue weighted by Crippen LogP contribution is -2.50. The number of sulfone groups is 1. The first-order chi connectivity index (χ1) is 16.4. The SMILES string of the molecule is CCOc1cc(C(=O)NC2CS(=O)(=O)CC2N2CCCC2)ccc1OCC(=O)N1CCCCC1. The molecule has 3 heterocycles. The van der Waals surface area contributed by atoms with Gasteiger partial charge in [-0.2, -0.15) is 0 Å². The van der Waals surface area contributed by atoms with Gasteiger partial charge < -0.3 is 19.7 Å². The Morgan fingerprint density at radius 1 is 0.971 bits per heavy atom. The lowest BCUT2D eigenvalue weighted by molar-refractivity contribution is -0.134. The zero-order valence-electron chi connectivity index (χ0n) is 19.8. The number of nitrogens with one attached hydrogen (secondary N) is 1. The van der Waals surface area contributed by atoms with Gasteiger partial charge in [-0.1, -0.05) is 0 Å². The third-order valence-electron chi connectivity index (χ3n) is 6.81. The van der Waals surface area contributed by atoms with Gasteiger partial charge in [-0.05, 0) is 70.3 Å². The minimum absolute atomic E-state index is 0.0436. The third kappa shape index (κ3) is 6.02. The summed E-state index contributed by atoms with van der Waals surface area (Å²) in [5, 5.41) is 2.94. The van der Waals surface area contributed by atoms with Crippen molar-refractivity contribution < 1.29 is 27.5 Å². The highest BCUT2D eigenvalue weighted by atomic mass is 32.2. The number of nitrogens with zero attached hydrogens (tertiary/aromatic N) is 2. The molecule has 34 heavy (non-hydrogen) atoms. The molecule has 1 aromatic rings. The normalized spacial score (nSPS) is 24.7. The van der Waals surface area contributed by atoms with E-state index in [2.05, 4.69) is 10.2 Å². The van der Waals surface area contributed by atoms with Crippen molar-refractivity contribution >= 4 is 21.7 Å². The minimum atomic E-state index is -3.20. The molecule has 4 rings (SSSR count). The zero-order chi connectivity index (χ0) is 24.1. The van der Waals surface area contributed by atoms with Gasteiger partial charge in [-0.15, -0.1) is 0 Å². The van der Waals surface area contributed by atoms with Gasteiger partial charge in [0.1, 0.15) is 0 Å². The first-order valence-electron chi connectivity index (χ1n) is 12.3. The van der Waals surface area contributed by atoms with E-state index in [4.69, 9.17) is 9.47 Å². The highest BCUT2D eigenvalue weighted by molar-refractivity contribution is 7.91. The van der Waals surface area contributed by atoms with Gasteiger partial charge in [0.05, 0.1) is 24.2 Å².